The average molecular weight is 338 g/mol. The number of hydrogen-bond donors (Lipinski definition) is 3. The smallest absolute Gasteiger partial charge is 0.224 e. The predicted molar refractivity (Wildman–Crippen MR) is 100 cm³/mol. The fraction of sp³-hybridized carbons (Fsp3) is 0.263. The molecule has 6 heteroatoms. The minimum absolute atomic E-state index is 0.0955. The molecule has 0 saturated carbocycles. The Kier molecular flexibility index (Phi) is 5.64. The van der Waals surface area contributed by atoms with Crippen molar-refractivity contribution >= 4 is 22.3 Å². The van der Waals surface area contributed by atoms with Gasteiger partial charge >= 0.3 is 0 Å². The van der Waals surface area contributed by atoms with Gasteiger partial charge in [0.15, 0.2) is 5.82 Å². The first-order chi connectivity index (χ1) is 12.3. The Morgan fingerprint density at radius 3 is 2.56 bits per heavy atom. The van der Waals surface area contributed by atoms with Crippen molar-refractivity contribution in [2.24, 2.45) is 0 Å². The molecule has 0 spiro atoms. The topological polar surface area (TPSA) is 79.3 Å². The zero-order chi connectivity index (χ0) is 17.5. The van der Waals surface area contributed by atoms with E-state index in [1.807, 2.05) is 55.6 Å². The molecular weight excluding hydrogens is 316 g/mol. The van der Waals surface area contributed by atoms with Gasteiger partial charge in [0.1, 0.15) is 0 Å². The van der Waals surface area contributed by atoms with Crippen LogP contribution in [0, 0.1) is 0 Å². The lowest BCUT2D eigenvalue weighted by Crippen LogP contribution is -2.09. The van der Waals surface area contributed by atoms with E-state index in [1.165, 1.54) is 0 Å². The summed E-state index contributed by atoms with van der Waals surface area (Å²) in [5, 5.41) is 16.3. The molecule has 0 saturated heterocycles. The third kappa shape index (κ3) is 4.16. The van der Waals surface area contributed by atoms with Crippen molar-refractivity contribution in [1.29, 1.82) is 0 Å². The molecule has 0 aliphatic rings. The molecular formula is C19H22N4O2. The number of anilines is 2. The minimum Gasteiger partial charge on any atom is -0.477 e. The second-order valence-corrected chi connectivity index (χ2v) is 5.54. The number of hydrogen-bond acceptors (Lipinski definition) is 6. The highest BCUT2D eigenvalue weighted by Gasteiger charge is 2.09. The van der Waals surface area contributed by atoms with Crippen LogP contribution in [0.4, 0.5) is 11.4 Å². The van der Waals surface area contributed by atoms with Gasteiger partial charge in [-0.3, -0.25) is 0 Å². The van der Waals surface area contributed by atoms with Gasteiger partial charge in [-0.25, -0.2) is 4.98 Å². The Morgan fingerprint density at radius 1 is 1.00 bits per heavy atom. The van der Waals surface area contributed by atoms with Gasteiger partial charge in [-0.05, 0) is 24.3 Å². The van der Waals surface area contributed by atoms with E-state index in [0.29, 0.717) is 31.3 Å². The summed E-state index contributed by atoms with van der Waals surface area (Å²) in [7, 11) is 1.89. The summed E-state index contributed by atoms with van der Waals surface area (Å²) in [6.07, 6.45) is 0.571. The number of aromatic nitrogens is 2. The SMILES string of the molecule is CNc1ccccc1NCc1nc(OCCCO)c2ccccc2n1. The molecule has 3 rings (SSSR count). The quantitative estimate of drug-likeness (QED) is 0.548. The van der Waals surface area contributed by atoms with E-state index in [9.17, 15) is 0 Å². The third-order valence-electron chi connectivity index (χ3n) is 3.79. The van der Waals surface area contributed by atoms with Crippen LogP contribution in [0.25, 0.3) is 10.9 Å². The maximum Gasteiger partial charge on any atom is 0.224 e. The molecule has 0 aliphatic heterocycles. The van der Waals surface area contributed by atoms with Gasteiger partial charge in [0.2, 0.25) is 5.88 Å². The Labute approximate surface area is 146 Å². The van der Waals surface area contributed by atoms with Crippen LogP contribution in [0.3, 0.4) is 0 Å². The molecule has 1 aromatic heterocycles. The number of aliphatic hydroxyl groups excluding tert-OH is 1. The maximum absolute atomic E-state index is 8.94. The molecule has 0 atom stereocenters. The first-order valence-corrected chi connectivity index (χ1v) is 8.32. The summed E-state index contributed by atoms with van der Waals surface area (Å²) in [5.74, 6) is 1.21. The Balaban J connectivity index is 1.83. The number of benzene rings is 2. The van der Waals surface area contributed by atoms with E-state index in [0.717, 1.165) is 22.3 Å². The lowest BCUT2D eigenvalue weighted by Gasteiger charge is -2.13. The van der Waals surface area contributed by atoms with Crippen molar-refractivity contribution < 1.29 is 9.84 Å². The predicted octanol–water partition coefficient (Wildman–Crippen LogP) is 3.04. The van der Waals surface area contributed by atoms with E-state index in [-0.39, 0.29) is 6.61 Å². The minimum atomic E-state index is 0.0955. The summed E-state index contributed by atoms with van der Waals surface area (Å²) in [6.45, 7) is 1.01. The standard InChI is InChI=1S/C19H22N4O2/c1-20-16-9-4-5-10-17(16)21-13-18-22-15-8-3-2-7-14(15)19(23-18)25-12-6-11-24/h2-5,7-10,20-21,24H,6,11-13H2,1H3. The summed E-state index contributed by atoms with van der Waals surface area (Å²) in [6, 6.07) is 15.7. The summed E-state index contributed by atoms with van der Waals surface area (Å²) in [5.41, 5.74) is 2.85. The van der Waals surface area contributed by atoms with Crippen LogP contribution in [-0.4, -0.2) is 35.3 Å². The van der Waals surface area contributed by atoms with Gasteiger partial charge in [0.25, 0.3) is 0 Å². The second kappa shape index (κ2) is 8.30. The molecule has 3 N–H and O–H groups in total. The molecule has 3 aromatic rings. The Morgan fingerprint density at radius 2 is 1.76 bits per heavy atom. The van der Waals surface area contributed by atoms with Crippen LogP contribution < -0.4 is 15.4 Å². The van der Waals surface area contributed by atoms with Crippen LogP contribution in [0.5, 0.6) is 5.88 Å². The lowest BCUT2D eigenvalue weighted by molar-refractivity contribution is 0.230. The number of nitrogens with zero attached hydrogens (tertiary/aromatic N) is 2. The van der Waals surface area contributed by atoms with Crippen LogP contribution in [0.15, 0.2) is 48.5 Å². The Hall–Kier alpha value is -2.86. The van der Waals surface area contributed by atoms with Crippen molar-refractivity contribution in [1.82, 2.24) is 9.97 Å². The zero-order valence-corrected chi connectivity index (χ0v) is 14.2. The first-order valence-electron chi connectivity index (χ1n) is 8.32. The zero-order valence-electron chi connectivity index (χ0n) is 14.2. The molecule has 0 aliphatic carbocycles. The molecule has 25 heavy (non-hydrogen) atoms. The lowest BCUT2D eigenvalue weighted by atomic mass is 10.2. The van der Waals surface area contributed by atoms with Crippen molar-refractivity contribution in [3.8, 4) is 5.88 Å². The summed E-state index contributed by atoms with van der Waals surface area (Å²) >= 11 is 0. The number of aliphatic hydroxyl groups is 1. The third-order valence-corrected chi connectivity index (χ3v) is 3.79. The number of ether oxygens (including phenoxy) is 1. The summed E-state index contributed by atoms with van der Waals surface area (Å²) in [4.78, 5) is 9.16. The molecule has 6 nitrogen and oxygen atoms in total. The fourth-order valence-electron chi connectivity index (χ4n) is 2.55. The molecule has 0 amide bonds. The van der Waals surface area contributed by atoms with Gasteiger partial charge in [-0.15, -0.1) is 0 Å². The van der Waals surface area contributed by atoms with Crippen molar-refractivity contribution in [2.75, 3.05) is 30.9 Å². The highest BCUT2D eigenvalue weighted by atomic mass is 16.5. The van der Waals surface area contributed by atoms with Gasteiger partial charge in [0, 0.05) is 20.1 Å². The van der Waals surface area contributed by atoms with E-state index >= 15 is 0 Å². The number of nitrogens with one attached hydrogen (secondary N) is 2. The maximum atomic E-state index is 8.94. The van der Waals surface area contributed by atoms with E-state index in [2.05, 4.69) is 20.6 Å². The van der Waals surface area contributed by atoms with E-state index in [4.69, 9.17) is 9.84 Å². The first kappa shape index (κ1) is 17.0. The van der Waals surface area contributed by atoms with Crippen LogP contribution >= 0.6 is 0 Å². The molecule has 0 radical (unpaired) electrons. The van der Waals surface area contributed by atoms with Crippen LogP contribution in [0.1, 0.15) is 12.2 Å². The normalized spacial score (nSPS) is 10.6. The van der Waals surface area contributed by atoms with Gasteiger partial charge in [-0.2, -0.15) is 4.98 Å². The van der Waals surface area contributed by atoms with Crippen molar-refractivity contribution in [3.05, 3.63) is 54.4 Å². The van der Waals surface area contributed by atoms with E-state index in [1.54, 1.807) is 0 Å². The average Bonchev–Trinajstić information content (AvgIpc) is 2.66. The van der Waals surface area contributed by atoms with Gasteiger partial charge < -0.3 is 20.5 Å². The number of para-hydroxylation sites is 3. The van der Waals surface area contributed by atoms with Crippen molar-refractivity contribution in [2.45, 2.75) is 13.0 Å². The molecule has 130 valence electrons. The highest BCUT2D eigenvalue weighted by Crippen LogP contribution is 2.24. The fourth-order valence-corrected chi connectivity index (χ4v) is 2.55. The monoisotopic (exact) mass is 338 g/mol. The summed E-state index contributed by atoms with van der Waals surface area (Å²) < 4.78 is 5.75. The molecule has 1 heterocycles. The van der Waals surface area contributed by atoms with Crippen molar-refractivity contribution in [3.63, 3.8) is 0 Å². The van der Waals surface area contributed by atoms with Crippen LogP contribution in [0.2, 0.25) is 0 Å². The van der Waals surface area contributed by atoms with Gasteiger partial charge in [-0.1, -0.05) is 24.3 Å². The highest BCUT2D eigenvalue weighted by molar-refractivity contribution is 5.83. The molecule has 0 unspecified atom stereocenters. The number of rotatable bonds is 8. The molecule has 0 bridgehead atoms. The Bertz CT molecular complexity index is 839. The molecule has 2 aromatic carbocycles. The van der Waals surface area contributed by atoms with Gasteiger partial charge in [0.05, 0.1) is 35.4 Å². The van der Waals surface area contributed by atoms with E-state index < -0.39 is 0 Å². The molecule has 0 fully saturated rings. The largest absolute Gasteiger partial charge is 0.477 e. The van der Waals surface area contributed by atoms with Crippen LogP contribution in [-0.2, 0) is 6.54 Å². The number of fused-ring (bicyclic) bond motifs is 1. The second-order valence-electron chi connectivity index (χ2n) is 5.54.